The summed E-state index contributed by atoms with van der Waals surface area (Å²) in [7, 11) is 3.95. The molecule has 0 radical (unpaired) electrons. The molecule has 2 aliphatic carbocycles. The van der Waals surface area contributed by atoms with Crippen molar-refractivity contribution in [1.29, 1.82) is 0 Å². The molecule has 8 heteroatoms. The smallest absolute Gasteiger partial charge is 0.407 e. The molecular formula is C20H28N6O2. The number of fused-ring (bicyclic) bond motifs is 3. The van der Waals surface area contributed by atoms with Crippen molar-refractivity contribution in [2.75, 3.05) is 27.2 Å². The Morgan fingerprint density at radius 2 is 2.21 bits per heavy atom. The minimum atomic E-state index is -0.332. The van der Waals surface area contributed by atoms with E-state index >= 15 is 0 Å². The molecule has 1 saturated carbocycles. The zero-order valence-corrected chi connectivity index (χ0v) is 16.8. The first-order valence-electron chi connectivity index (χ1n) is 10.1. The Balaban J connectivity index is 1.50. The van der Waals surface area contributed by atoms with Gasteiger partial charge in [0.1, 0.15) is 11.9 Å². The van der Waals surface area contributed by atoms with Crippen LogP contribution in [0.3, 0.4) is 0 Å². The lowest BCUT2D eigenvalue weighted by Crippen LogP contribution is -2.33. The molecule has 0 spiro atoms. The third kappa shape index (κ3) is 3.61. The second-order valence-electron chi connectivity index (χ2n) is 7.95. The lowest BCUT2D eigenvalue weighted by Gasteiger charge is -2.16. The van der Waals surface area contributed by atoms with E-state index in [2.05, 4.69) is 44.0 Å². The van der Waals surface area contributed by atoms with Gasteiger partial charge in [0, 0.05) is 25.4 Å². The maximum atomic E-state index is 12.1. The molecule has 1 amide bonds. The number of amides is 1. The number of carbonyl (C=O) groups is 1. The van der Waals surface area contributed by atoms with Crippen LogP contribution in [0.1, 0.15) is 49.3 Å². The minimum Gasteiger partial charge on any atom is -0.446 e. The van der Waals surface area contributed by atoms with Crippen molar-refractivity contribution < 1.29 is 9.53 Å². The molecule has 2 aromatic heterocycles. The molecule has 3 atom stereocenters. The number of likely N-dealkylation sites (N-methyl/N-ethyl adjacent to an activating group) is 1. The molecule has 1 N–H and O–H groups in total. The molecule has 4 rings (SSSR count). The standard InChI is InChI=1S/C20H28N6O2/c1-4-13-10-14(28-20(27)21-8-9-25(2)3)11-15(13)19-24-23-18-12-22-16-6-5-7-17(16)26(18)19/h5,7,12-15H,4,6,8-11H2,1-3H3,(H,21,27)/t13-,14+,15+/m1/s1. The van der Waals surface area contributed by atoms with Gasteiger partial charge < -0.3 is 15.0 Å². The first kappa shape index (κ1) is 18.9. The number of alkyl carbamates (subject to hydrolysis) is 1. The van der Waals surface area contributed by atoms with E-state index in [0.717, 1.165) is 55.1 Å². The van der Waals surface area contributed by atoms with Crippen molar-refractivity contribution in [3.05, 3.63) is 29.5 Å². The van der Waals surface area contributed by atoms with E-state index in [0.29, 0.717) is 12.5 Å². The summed E-state index contributed by atoms with van der Waals surface area (Å²) in [6, 6.07) is 0. The van der Waals surface area contributed by atoms with Gasteiger partial charge in [-0.2, -0.15) is 0 Å². The second-order valence-corrected chi connectivity index (χ2v) is 7.95. The van der Waals surface area contributed by atoms with Crippen LogP contribution in [0.2, 0.25) is 0 Å². The van der Waals surface area contributed by atoms with E-state index in [1.54, 1.807) is 6.20 Å². The molecule has 150 valence electrons. The average Bonchev–Trinajstić information content (AvgIpc) is 3.37. The number of hydrogen-bond acceptors (Lipinski definition) is 6. The number of aromatic nitrogens is 4. The van der Waals surface area contributed by atoms with Gasteiger partial charge in [-0.25, -0.2) is 4.79 Å². The fourth-order valence-electron chi connectivity index (χ4n) is 4.33. The number of carbonyl (C=O) groups excluding carboxylic acids is 1. The molecule has 28 heavy (non-hydrogen) atoms. The highest BCUT2D eigenvalue weighted by Crippen LogP contribution is 2.42. The number of nitrogens with one attached hydrogen (secondary N) is 1. The van der Waals surface area contributed by atoms with Crippen LogP contribution in [0.4, 0.5) is 4.79 Å². The Bertz CT molecular complexity index is 890. The Labute approximate surface area is 165 Å². The van der Waals surface area contributed by atoms with Crippen LogP contribution >= 0.6 is 0 Å². The van der Waals surface area contributed by atoms with E-state index in [-0.39, 0.29) is 18.1 Å². The van der Waals surface area contributed by atoms with Crippen molar-refractivity contribution in [3.8, 4) is 0 Å². The van der Waals surface area contributed by atoms with Gasteiger partial charge in [-0.1, -0.05) is 19.4 Å². The van der Waals surface area contributed by atoms with Gasteiger partial charge >= 0.3 is 6.09 Å². The van der Waals surface area contributed by atoms with Crippen molar-refractivity contribution in [3.63, 3.8) is 0 Å². The largest absolute Gasteiger partial charge is 0.446 e. The van der Waals surface area contributed by atoms with Gasteiger partial charge in [0.05, 0.1) is 17.6 Å². The molecule has 0 unspecified atom stereocenters. The van der Waals surface area contributed by atoms with E-state index in [9.17, 15) is 4.79 Å². The lowest BCUT2D eigenvalue weighted by atomic mass is 9.93. The molecule has 2 aromatic rings. The molecule has 1 fully saturated rings. The number of ether oxygens (including phenoxy) is 1. The van der Waals surface area contributed by atoms with Gasteiger partial charge in [-0.3, -0.25) is 9.38 Å². The average molecular weight is 384 g/mol. The Hall–Kier alpha value is -2.48. The molecule has 2 heterocycles. The fourth-order valence-corrected chi connectivity index (χ4v) is 4.33. The van der Waals surface area contributed by atoms with Gasteiger partial charge in [-0.15, -0.1) is 10.2 Å². The van der Waals surface area contributed by atoms with Gasteiger partial charge in [0.15, 0.2) is 5.65 Å². The highest BCUT2D eigenvalue weighted by atomic mass is 16.6. The van der Waals surface area contributed by atoms with Crippen LogP contribution < -0.4 is 5.32 Å². The topological polar surface area (TPSA) is 84.6 Å². The summed E-state index contributed by atoms with van der Waals surface area (Å²) in [6.45, 7) is 3.56. The van der Waals surface area contributed by atoms with E-state index in [1.165, 1.54) is 0 Å². The van der Waals surface area contributed by atoms with Crippen LogP contribution in [-0.2, 0) is 11.2 Å². The third-order valence-corrected chi connectivity index (χ3v) is 5.78. The van der Waals surface area contributed by atoms with Crippen molar-refractivity contribution in [2.24, 2.45) is 5.92 Å². The van der Waals surface area contributed by atoms with Crippen LogP contribution in [0.15, 0.2) is 12.3 Å². The molecule has 0 saturated heterocycles. The predicted octanol–water partition coefficient (Wildman–Crippen LogP) is 2.25. The Morgan fingerprint density at radius 1 is 1.36 bits per heavy atom. The van der Waals surface area contributed by atoms with Crippen molar-refractivity contribution in [1.82, 2.24) is 29.8 Å². The summed E-state index contributed by atoms with van der Waals surface area (Å²) >= 11 is 0. The highest BCUT2D eigenvalue weighted by Gasteiger charge is 2.39. The van der Waals surface area contributed by atoms with E-state index < -0.39 is 0 Å². The summed E-state index contributed by atoms with van der Waals surface area (Å²) in [5.41, 5.74) is 2.92. The molecule has 0 aliphatic heterocycles. The summed E-state index contributed by atoms with van der Waals surface area (Å²) in [5.74, 6) is 1.60. The van der Waals surface area contributed by atoms with Crippen LogP contribution in [0.25, 0.3) is 11.7 Å². The Kier molecular flexibility index (Phi) is 5.30. The maximum Gasteiger partial charge on any atom is 0.407 e. The number of allylic oxidation sites excluding steroid dienone is 1. The molecule has 2 aliphatic rings. The van der Waals surface area contributed by atoms with E-state index in [1.807, 2.05) is 19.0 Å². The SMILES string of the molecule is CC[C@@H]1C[C@H](OC(=O)NCCN(C)C)C[C@@H]1c1nnc2cnc3c(n12)C=CC3. The molecule has 8 nitrogen and oxygen atoms in total. The Morgan fingerprint density at radius 3 is 3.00 bits per heavy atom. The minimum absolute atomic E-state index is 0.0907. The van der Waals surface area contributed by atoms with Crippen molar-refractivity contribution >= 4 is 17.8 Å². The number of rotatable bonds is 6. The second kappa shape index (κ2) is 7.87. The number of nitrogens with zero attached hydrogens (tertiary/aromatic N) is 5. The summed E-state index contributed by atoms with van der Waals surface area (Å²) < 4.78 is 7.84. The van der Waals surface area contributed by atoms with Crippen LogP contribution in [0, 0.1) is 5.92 Å². The summed E-state index contributed by atoms with van der Waals surface area (Å²) in [4.78, 5) is 18.7. The monoisotopic (exact) mass is 384 g/mol. The summed E-state index contributed by atoms with van der Waals surface area (Å²) in [6.07, 6.45) is 9.11. The predicted molar refractivity (Wildman–Crippen MR) is 106 cm³/mol. The zero-order valence-electron chi connectivity index (χ0n) is 16.8. The van der Waals surface area contributed by atoms with Crippen LogP contribution in [-0.4, -0.2) is 63.9 Å². The van der Waals surface area contributed by atoms with Crippen LogP contribution in [0.5, 0.6) is 0 Å². The number of hydrogen-bond donors (Lipinski definition) is 1. The normalized spacial score (nSPS) is 23.5. The first-order valence-corrected chi connectivity index (χ1v) is 10.1. The highest BCUT2D eigenvalue weighted by molar-refractivity contribution is 5.67. The molecular weight excluding hydrogens is 356 g/mol. The van der Waals surface area contributed by atoms with E-state index in [4.69, 9.17) is 4.74 Å². The fraction of sp³-hybridized carbons (Fsp3) is 0.600. The molecule has 0 bridgehead atoms. The van der Waals surface area contributed by atoms with Crippen molar-refractivity contribution in [2.45, 2.75) is 44.6 Å². The zero-order chi connectivity index (χ0) is 19.7. The molecule has 0 aromatic carbocycles. The maximum absolute atomic E-state index is 12.1. The lowest BCUT2D eigenvalue weighted by molar-refractivity contribution is 0.0977. The first-order chi connectivity index (χ1) is 13.6. The summed E-state index contributed by atoms with van der Waals surface area (Å²) in [5, 5.41) is 11.7. The van der Waals surface area contributed by atoms with Gasteiger partial charge in [0.25, 0.3) is 0 Å². The van der Waals surface area contributed by atoms with Gasteiger partial charge in [0.2, 0.25) is 0 Å². The third-order valence-electron chi connectivity index (χ3n) is 5.78. The van der Waals surface area contributed by atoms with Gasteiger partial charge in [-0.05, 0) is 38.9 Å². The quantitative estimate of drug-likeness (QED) is 0.822.